The highest BCUT2D eigenvalue weighted by Crippen LogP contribution is 2.33. The molecule has 1 aliphatic heterocycles. The summed E-state index contributed by atoms with van der Waals surface area (Å²) in [7, 11) is -2.48. The maximum Gasteiger partial charge on any atom is 0.261 e. The quantitative estimate of drug-likeness (QED) is 0.619. The monoisotopic (exact) mass is 385 g/mol. The number of rotatable bonds is 3. The number of benzene rings is 2. The number of carbonyl (C=O) groups excluding carboxylic acids is 2. The number of nitrogens with zero attached hydrogens (tertiary/aromatic N) is 1. The van der Waals surface area contributed by atoms with Crippen molar-refractivity contribution in [3.05, 3.63) is 58.7 Å². The van der Waals surface area contributed by atoms with E-state index in [-0.39, 0.29) is 22.1 Å². The summed E-state index contributed by atoms with van der Waals surface area (Å²) in [6, 6.07) is 9.17. The third-order valence-electron chi connectivity index (χ3n) is 5.15. The van der Waals surface area contributed by atoms with Gasteiger partial charge in [-0.05, 0) is 60.7 Å². The van der Waals surface area contributed by atoms with Crippen molar-refractivity contribution in [1.82, 2.24) is 9.62 Å². The summed E-state index contributed by atoms with van der Waals surface area (Å²) in [5, 5.41) is 0. The molecule has 0 saturated carbocycles. The van der Waals surface area contributed by atoms with Crippen LogP contribution in [0.1, 0.15) is 50.7 Å². The first-order chi connectivity index (χ1) is 12.8. The number of fused-ring (bicyclic) bond motifs is 2. The van der Waals surface area contributed by atoms with Gasteiger partial charge in [0.1, 0.15) is 0 Å². The molecule has 1 atom stereocenters. The number of nitrogens with two attached hydrogens (primary N) is 1. The summed E-state index contributed by atoms with van der Waals surface area (Å²) in [6.07, 6.45) is 2.40. The number of aryl methyl sites for hydroxylation is 1. The van der Waals surface area contributed by atoms with Gasteiger partial charge in [-0.1, -0.05) is 6.07 Å². The van der Waals surface area contributed by atoms with Gasteiger partial charge in [-0.2, -0.15) is 0 Å². The fourth-order valence-electron chi connectivity index (χ4n) is 3.72. The zero-order valence-electron chi connectivity index (χ0n) is 14.7. The number of hydrogen-bond acceptors (Lipinski definition) is 5. The summed E-state index contributed by atoms with van der Waals surface area (Å²) in [5.41, 5.74) is 8.79. The normalized spacial score (nSPS) is 19.1. The lowest BCUT2D eigenvalue weighted by Crippen LogP contribution is -2.31. The smallest absolute Gasteiger partial charge is 0.261 e. The first-order valence-electron chi connectivity index (χ1n) is 8.65. The molecule has 2 aromatic rings. The van der Waals surface area contributed by atoms with Crippen LogP contribution in [0.5, 0.6) is 0 Å². The van der Waals surface area contributed by atoms with Crippen LogP contribution in [0, 0.1) is 0 Å². The number of nitrogens with one attached hydrogen (secondary N) is 1. The van der Waals surface area contributed by atoms with Crippen molar-refractivity contribution in [3.8, 4) is 0 Å². The largest absolute Gasteiger partial charge is 0.399 e. The van der Waals surface area contributed by atoms with E-state index in [0.29, 0.717) is 12.1 Å². The predicted octanol–water partition coefficient (Wildman–Crippen LogP) is 1.85. The first kappa shape index (κ1) is 17.7. The third kappa shape index (κ3) is 2.90. The fourth-order valence-corrected chi connectivity index (χ4v) is 5.00. The van der Waals surface area contributed by atoms with Gasteiger partial charge in [0.2, 0.25) is 10.0 Å². The fraction of sp³-hybridized carbons (Fsp3) is 0.263. The molecule has 0 fully saturated rings. The summed E-state index contributed by atoms with van der Waals surface area (Å²) in [4.78, 5) is 25.1. The van der Waals surface area contributed by atoms with Crippen molar-refractivity contribution < 1.29 is 18.0 Å². The number of amides is 2. The number of anilines is 1. The van der Waals surface area contributed by atoms with Crippen molar-refractivity contribution in [2.24, 2.45) is 0 Å². The van der Waals surface area contributed by atoms with Crippen molar-refractivity contribution in [3.63, 3.8) is 0 Å². The number of hydrogen-bond donors (Lipinski definition) is 2. The molecular weight excluding hydrogens is 366 g/mol. The number of imide groups is 1. The van der Waals surface area contributed by atoms with E-state index in [0.717, 1.165) is 28.9 Å². The highest BCUT2D eigenvalue weighted by molar-refractivity contribution is 7.89. The van der Waals surface area contributed by atoms with Crippen molar-refractivity contribution in [2.75, 3.05) is 12.8 Å². The third-order valence-corrected chi connectivity index (χ3v) is 6.62. The van der Waals surface area contributed by atoms with Crippen LogP contribution in [0.25, 0.3) is 0 Å². The Hall–Kier alpha value is -2.71. The zero-order valence-corrected chi connectivity index (χ0v) is 15.5. The second kappa shape index (κ2) is 6.17. The number of nitrogen functional groups attached to an aromatic ring is 1. The predicted molar refractivity (Wildman–Crippen MR) is 99.7 cm³/mol. The maximum absolute atomic E-state index is 12.9. The van der Waals surface area contributed by atoms with Crippen LogP contribution in [-0.2, 0) is 16.4 Å². The van der Waals surface area contributed by atoms with Gasteiger partial charge in [0.25, 0.3) is 11.8 Å². The van der Waals surface area contributed by atoms with Crippen LogP contribution in [-0.4, -0.2) is 32.2 Å². The Labute approximate surface area is 157 Å². The van der Waals surface area contributed by atoms with Gasteiger partial charge in [-0.25, -0.2) is 13.1 Å². The maximum atomic E-state index is 12.9. The minimum absolute atomic E-state index is 0.0275. The number of sulfonamides is 1. The molecule has 2 amide bonds. The molecule has 0 bridgehead atoms. The molecule has 1 unspecified atom stereocenters. The average Bonchev–Trinajstić information content (AvgIpc) is 2.85. The first-order valence-corrected chi connectivity index (χ1v) is 10.1. The van der Waals surface area contributed by atoms with Crippen LogP contribution in [0.2, 0.25) is 0 Å². The van der Waals surface area contributed by atoms with Crippen LogP contribution in [0.3, 0.4) is 0 Å². The van der Waals surface area contributed by atoms with Gasteiger partial charge < -0.3 is 5.73 Å². The molecule has 27 heavy (non-hydrogen) atoms. The number of carbonyl (C=O) groups is 2. The summed E-state index contributed by atoms with van der Waals surface area (Å²) in [5.74, 6) is -0.920. The van der Waals surface area contributed by atoms with E-state index in [2.05, 4.69) is 4.72 Å². The molecule has 0 spiro atoms. The topological polar surface area (TPSA) is 110 Å². The SMILES string of the molecule is CN1C(=O)c2ccc(S(=O)(=O)NC3CCCc4cc(N)ccc43)cc2C1=O. The summed E-state index contributed by atoms with van der Waals surface area (Å²) in [6.45, 7) is 0. The highest BCUT2D eigenvalue weighted by Gasteiger charge is 2.34. The lowest BCUT2D eigenvalue weighted by Gasteiger charge is -2.26. The van der Waals surface area contributed by atoms with Crippen molar-refractivity contribution >= 4 is 27.5 Å². The average molecular weight is 385 g/mol. The Bertz CT molecular complexity index is 1080. The second-order valence-electron chi connectivity index (χ2n) is 6.90. The molecule has 7 nitrogen and oxygen atoms in total. The minimum Gasteiger partial charge on any atom is -0.399 e. The lowest BCUT2D eigenvalue weighted by molar-refractivity contribution is 0.0693. The molecule has 140 valence electrons. The molecule has 2 aromatic carbocycles. The van der Waals surface area contributed by atoms with Gasteiger partial charge in [0.15, 0.2) is 0 Å². The Morgan fingerprint density at radius 3 is 2.59 bits per heavy atom. The molecule has 8 heteroatoms. The molecule has 3 N–H and O–H groups in total. The zero-order chi connectivity index (χ0) is 19.3. The van der Waals surface area contributed by atoms with Crippen molar-refractivity contribution in [2.45, 2.75) is 30.2 Å². The summed E-state index contributed by atoms with van der Waals surface area (Å²) >= 11 is 0. The van der Waals surface area contributed by atoms with E-state index in [1.54, 1.807) is 6.07 Å². The van der Waals surface area contributed by atoms with E-state index < -0.39 is 21.8 Å². The summed E-state index contributed by atoms with van der Waals surface area (Å²) < 4.78 is 28.5. The standard InChI is InChI=1S/C19H19N3O4S/c1-22-18(23)15-8-6-13(10-16(15)19(22)24)27(25,26)21-17-4-2-3-11-9-12(20)5-7-14(11)17/h5-10,17,21H,2-4,20H2,1H3. The van der Waals surface area contributed by atoms with E-state index in [1.807, 2.05) is 12.1 Å². The van der Waals surface area contributed by atoms with Crippen molar-refractivity contribution in [1.29, 1.82) is 0 Å². The van der Waals surface area contributed by atoms with Gasteiger partial charge in [0, 0.05) is 18.8 Å². The molecule has 0 aromatic heterocycles. The van der Waals surface area contributed by atoms with E-state index in [4.69, 9.17) is 5.73 Å². The van der Waals surface area contributed by atoms with Crippen LogP contribution >= 0.6 is 0 Å². The molecule has 1 heterocycles. The van der Waals surface area contributed by atoms with Gasteiger partial charge in [0.05, 0.1) is 16.0 Å². The van der Waals surface area contributed by atoms with Crippen LogP contribution in [0.15, 0.2) is 41.3 Å². The molecule has 0 radical (unpaired) electrons. The van der Waals surface area contributed by atoms with E-state index in [1.165, 1.54) is 25.2 Å². The Morgan fingerprint density at radius 2 is 1.81 bits per heavy atom. The van der Waals surface area contributed by atoms with Crippen LogP contribution in [0.4, 0.5) is 5.69 Å². The molecular formula is C19H19N3O4S. The highest BCUT2D eigenvalue weighted by atomic mass is 32.2. The molecule has 0 saturated heterocycles. The Morgan fingerprint density at radius 1 is 1.07 bits per heavy atom. The lowest BCUT2D eigenvalue weighted by atomic mass is 9.88. The van der Waals surface area contributed by atoms with E-state index >= 15 is 0 Å². The molecule has 1 aliphatic carbocycles. The second-order valence-corrected chi connectivity index (χ2v) is 8.62. The van der Waals surface area contributed by atoms with Gasteiger partial charge in [-0.15, -0.1) is 0 Å². The van der Waals surface area contributed by atoms with E-state index in [9.17, 15) is 18.0 Å². The van der Waals surface area contributed by atoms with Crippen LogP contribution < -0.4 is 10.5 Å². The van der Waals surface area contributed by atoms with Gasteiger partial charge in [-0.3, -0.25) is 14.5 Å². The molecule has 4 rings (SSSR count). The Kier molecular flexibility index (Phi) is 4.05. The minimum atomic E-state index is -3.86. The molecule has 2 aliphatic rings. The van der Waals surface area contributed by atoms with Gasteiger partial charge >= 0.3 is 0 Å². The Balaban J connectivity index is 1.67.